The van der Waals surface area contributed by atoms with E-state index in [9.17, 15) is 0 Å². The molecule has 0 bridgehead atoms. The zero-order chi connectivity index (χ0) is 33.0. The molecule has 5 heteroatoms. The van der Waals surface area contributed by atoms with Gasteiger partial charge in [-0.2, -0.15) is 0 Å². The van der Waals surface area contributed by atoms with Crippen molar-refractivity contribution < 1.29 is 8.83 Å². The number of para-hydroxylation sites is 2. The Bertz CT molecular complexity index is 2870. The zero-order valence-corrected chi connectivity index (χ0v) is 26.7. The van der Waals surface area contributed by atoms with Crippen molar-refractivity contribution >= 4 is 43.9 Å². The van der Waals surface area contributed by atoms with Gasteiger partial charge in [0.1, 0.15) is 22.3 Å². The van der Waals surface area contributed by atoms with Crippen LogP contribution in [0.4, 0.5) is 0 Å². The van der Waals surface area contributed by atoms with E-state index in [-0.39, 0.29) is 0 Å². The molecule has 0 saturated heterocycles. The Kier molecular flexibility index (Phi) is 6.42. The molecule has 5 nitrogen and oxygen atoms in total. The smallest absolute Gasteiger partial charge is 0.160 e. The van der Waals surface area contributed by atoms with Crippen molar-refractivity contribution in [2.45, 2.75) is 0 Å². The molecule has 10 rings (SSSR count). The quantitative estimate of drug-likeness (QED) is 0.187. The van der Waals surface area contributed by atoms with E-state index in [1.54, 1.807) is 6.20 Å². The van der Waals surface area contributed by atoms with Crippen LogP contribution in [0.1, 0.15) is 0 Å². The van der Waals surface area contributed by atoms with Crippen LogP contribution in [0.5, 0.6) is 0 Å². The first-order chi connectivity index (χ1) is 24.8. The Balaban J connectivity index is 1.19. The maximum Gasteiger partial charge on any atom is 0.160 e. The van der Waals surface area contributed by atoms with Gasteiger partial charge in [0, 0.05) is 56.2 Å². The third-order valence-electron chi connectivity index (χ3n) is 9.40. The molecule has 234 valence electrons. The average Bonchev–Trinajstić information content (AvgIpc) is 3.77. The number of furan rings is 2. The molecule has 0 aliphatic rings. The van der Waals surface area contributed by atoms with Crippen molar-refractivity contribution in [3.63, 3.8) is 0 Å². The van der Waals surface area contributed by atoms with E-state index in [0.29, 0.717) is 5.82 Å². The van der Waals surface area contributed by atoms with Crippen LogP contribution in [0.3, 0.4) is 0 Å². The van der Waals surface area contributed by atoms with Crippen molar-refractivity contribution in [1.82, 2.24) is 15.0 Å². The molecule has 4 heterocycles. The third kappa shape index (κ3) is 4.67. The topological polar surface area (TPSA) is 65.0 Å². The average molecular weight is 642 g/mol. The number of aromatic nitrogens is 3. The van der Waals surface area contributed by atoms with Gasteiger partial charge in [0.25, 0.3) is 0 Å². The summed E-state index contributed by atoms with van der Waals surface area (Å²) >= 11 is 0. The molecule has 0 atom stereocenters. The van der Waals surface area contributed by atoms with Crippen molar-refractivity contribution in [1.29, 1.82) is 0 Å². The minimum absolute atomic E-state index is 0.635. The molecule has 0 N–H and O–H groups in total. The lowest BCUT2D eigenvalue weighted by atomic mass is 9.95. The number of hydrogen-bond acceptors (Lipinski definition) is 5. The second-order valence-corrected chi connectivity index (χ2v) is 12.4. The van der Waals surface area contributed by atoms with Gasteiger partial charge in [0.05, 0.1) is 11.4 Å². The molecular formula is C45H27N3O2. The normalized spacial score (nSPS) is 11.6. The number of pyridine rings is 1. The highest BCUT2D eigenvalue weighted by Crippen LogP contribution is 2.43. The van der Waals surface area contributed by atoms with Crippen LogP contribution in [0.15, 0.2) is 173 Å². The predicted octanol–water partition coefficient (Wildman–Crippen LogP) is 12.0. The summed E-state index contributed by atoms with van der Waals surface area (Å²) in [6.07, 6.45) is 3.66. The molecule has 10 aromatic rings. The van der Waals surface area contributed by atoms with E-state index in [2.05, 4.69) is 96.0 Å². The number of benzene rings is 6. The van der Waals surface area contributed by atoms with E-state index < -0.39 is 0 Å². The zero-order valence-electron chi connectivity index (χ0n) is 26.7. The van der Waals surface area contributed by atoms with Crippen molar-refractivity contribution in [2.75, 3.05) is 0 Å². The summed E-state index contributed by atoms with van der Waals surface area (Å²) in [6, 6.07) is 51.8. The van der Waals surface area contributed by atoms with E-state index in [4.69, 9.17) is 18.8 Å². The maximum absolute atomic E-state index is 6.71. The number of nitrogens with zero attached hydrogens (tertiary/aromatic N) is 3. The Morgan fingerprint density at radius 3 is 1.96 bits per heavy atom. The van der Waals surface area contributed by atoms with Crippen LogP contribution >= 0.6 is 0 Å². The summed E-state index contributed by atoms with van der Waals surface area (Å²) in [7, 11) is 0. The molecule has 0 spiro atoms. The van der Waals surface area contributed by atoms with E-state index in [0.717, 1.165) is 94.2 Å². The van der Waals surface area contributed by atoms with Crippen LogP contribution in [0, 0.1) is 0 Å². The summed E-state index contributed by atoms with van der Waals surface area (Å²) in [6.45, 7) is 0. The van der Waals surface area contributed by atoms with E-state index >= 15 is 0 Å². The summed E-state index contributed by atoms with van der Waals surface area (Å²) in [5, 5.41) is 4.30. The van der Waals surface area contributed by atoms with Gasteiger partial charge < -0.3 is 8.83 Å². The van der Waals surface area contributed by atoms with E-state index in [1.807, 2.05) is 66.9 Å². The molecule has 0 aliphatic carbocycles. The van der Waals surface area contributed by atoms with E-state index in [1.165, 1.54) is 0 Å². The van der Waals surface area contributed by atoms with Crippen LogP contribution < -0.4 is 0 Å². The first-order valence-corrected chi connectivity index (χ1v) is 16.6. The van der Waals surface area contributed by atoms with Crippen molar-refractivity contribution in [2.24, 2.45) is 0 Å². The van der Waals surface area contributed by atoms with Gasteiger partial charge in [-0.15, -0.1) is 0 Å². The van der Waals surface area contributed by atoms with Crippen LogP contribution in [0.2, 0.25) is 0 Å². The summed E-state index contributed by atoms with van der Waals surface area (Å²) in [5.74, 6) is 0.635. The van der Waals surface area contributed by atoms with Gasteiger partial charge in [-0.05, 0) is 65.2 Å². The largest absolute Gasteiger partial charge is 0.456 e. The third-order valence-corrected chi connectivity index (χ3v) is 9.40. The summed E-state index contributed by atoms with van der Waals surface area (Å²) in [4.78, 5) is 14.6. The molecule has 0 fully saturated rings. The van der Waals surface area contributed by atoms with Gasteiger partial charge in [-0.1, -0.05) is 103 Å². The van der Waals surface area contributed by atoms with Gasteiger partial charge in [-0.25, -0.2) is 9.97 Å². The Hall–Kier alpha value is -6.85. The fraction of sp³-hybridized carbons (Fsp3) is 0. The monoisotopic (exact) mass is 641 g/mol. The molecule has 6 aromatic carbocycles. The van der Waals surface area contributed by atoms with Gasteiger partial charge >= 0.3 is 0 Å². The molecule has 4 aromatic heterocycles. The lowest BCUT2D eigenvalue weighted by Gasteiger charge is -2.12. The van der Waals surface area contributed by atoms with Crippen molar-refractivity contribution in [3.05, 3.63) is 164 Å². The highest BCUT2D eigenvalue weighted by Gasteiger charge is 2.20. The second-order valence-electron chi connectivity index (χ2n) is 12.4. The predicted molar refractivity (Wildman–Crippen MR) is 202 cm³/mol. The molecule has 0 aliphatic heterocycles. The molecular weight excluding hydrogens is 615 g/mol. The van der Waals surface area contributed by atoms with Gasteiger partial charge in [-0.3, -0.25) is 4.98 Å². The summed E-state index contributed by atoms with van der Waals surface area (Å²) in [5.41, 5.74) is 12.0. The number of rotatable bonds is 5. The molecule has 50 heavy (non-hydrogen) atoms. The molecule has 0 amide bonds. The van der Waals surface area contributed by atoms with Gasteiger partial charge in [0.15, 0.2) is 5.82 Å². The SMILES string of the molecule is c1ccc(-c2cc(-c3ccc(-c4ccc5c(c4)oc4ccccc45)c4c3oc3ccccc34)nc(-c3cccc(-c4cccnc4)c3)n2)cc1. The fourth-order valence-corrected chi connectivity index (χ4v) is 7.01. The first-order valence-electron chi connectivity index (χ1n) is 16.6. The van der Waals surface area contributed by atoms with Crippen LogP contribution in [0.25, 0.3) is 100 Å². The Morgan fingerprint density at radius 1 is 0.400 bits per heavy atom. The second kappa shape index (κ2) is 11.4. The van der Waals surface area contributed by atoms with Crippen LogP contribution in [-0.4, -0.2) is 15.0 Å². The molecule has 0 saturated carbocycles. The number of hydrogen-bond donors (Lipinski definition) is 0. The highest BCUT2D eigenvalue weighted by molar-refractivity contribution is 6.17. The van der Waals surface area contributed by atoms with Crippen LogP contribution in [-0.2, 0) is 0 Å². The minimum Gasteiger partial charge on any atom is -0.456 e. The van der Waals surface area contributed by atoms with Gasteiger partial charge in [0.2, 0.25) is 0 Å². The minimum atomic E-state index is 0.635. The fourth-order valence-electron chi connectivity index (χ4n) is 7.01. The summed E-state index contributed by atoms with van der Waals surface area (Å²) < 4.78 is 13.0. The standard InChI is InChI=1S/C45H27N3O2/c1-2-10-28(11-3-1)38-26-39(48-45(47-38)31-13-8-12-29(24-31)32-14-9-23-46-27-32)36-22-21-33(43-37-16-5-7-18-41(37)50-44(36)43)30-19-20-35-34-15-4-6-17-40(34)49-42(35)25-30/h1-27H. The Labute approximate surface area is 287 Å². The molecule has 0 radical (unpaired) electrons. The first kappa shape index (κ1) is 28.2. The highest BCUT2D eigenvalue weighted by atomic mass is 16.3. The lowest BCUT2D eigenvalue weighted by molar-refractivity contribution is 0.668. The Morgan fingerprint density at radius 2 is 1.10 bits per heavy atom. The van der Waals surface area contributed by atoms with Crippen molar-refractivity contribution in [3.8, 4) is 56.2 Å². The molecule has 0 unspecified atom stereocenters. The maximum atomic E-state index is 6.71. The number of fused-ring (bicyclic) bond motifs is 6. The lowest BCUT2D eigenvalue weighted by Crippen LogP contribution is -1.96.